The predicted octanol–water partition coefficient (Wildman–Crippen LogP) is 2.08. The fourth-order valence-electron chi connectivity index (χ4n) is 2.42. The molecule has 0 aliphatic carbocycles. The highest BCUT2D eigenvalue weighted by molar-refractivity contribution is 5.27. The summed E-state index contributed by atoms with van der Waals surface area (Å²) in [7, 11) is 0. The number of aliphatic hydroxyl groups is 1. The lowest BCUT2D eigenvalue weighted by Gasteiger charge is -2.23. The van der Waals surface area contributed by atoms with Crippen molar-refractivity contribution < 1.29 is 5.11 Å². The van der Waals surface area contributed by atoms with Gasteiger partial charge in [0.15, 0.2) is 0 Å². The SMILES string of the molecule is OCCCc1cccc(C2CCCNC2)c1. The standard InChI is InChI=1S/C14H21NO/c16-9-3-5-12-4-1-6-13(10-12)14-7-2-8-15-11-14/h1,4,6,10,14-16H,2-3,5,7-9,11H2. The van der Waals surface area contributed by atoms with E-state index in [1.54, 1.807) is 0 Å². The zero-order valence-electron chi connectivity index (χ0n) is 9.78. The quantitative estimate of drug-likeness (QED) is 0.812. The second-order valence-corrected chi connectivity index (χ2v) is 4.62. The van der Waals surface area contributed by atoms with Gasteiger partial charge in [0.25, 0.3) is 0 Å². The van der Waals surface area contributed by atoms with Gasteiger partial charge in [0.05, 0.1) is 0 Å². The molecule has 0 saturated carbocycles. The van der Waals surface area contributed by atoms with Gasteiger partial charge in [0.1, 0.15) is 0 Å². The summed E-state index contributed by atoms with van der Waals surface area (Å²) in [6.07, 6.45) is 4.44. The smallest absolute Gasteiger partial charge is 0.0434 e. The second kappa shape index (κ2) is 6.02. The zero-order chi connectivity index (χ0) is 11.2. The number of hydrogen-bond acceptors (Lipinski definition) is 2. The first kappa shape index (κ1) is 11.6. The van der Waals surface area contributed by atoms with Crippen LogP contribution < -0.4 is 5.32 Å². The molecule has 1 aliphatic heterocycles. The number of benzene rings is 1. The Hall–Kier alpha value is -0.860. The maximum atomic E-state index is 8.84. The lowest BCUT2D eigenvalue weighted by atomic mass is 9.90. The Labute approximate surface area is 97.7 Å². The van der Waals surface area contributed by atoms with Crippen LogP contribution in [-0.2, 0) is 6.42 Å². The van der Waals surface area contributed by atoms with Gasteiger partial charge in [-0.25, -0.2) is 0 Å². The molecule has 0 spiro atoms. The summed E-state index contributed by atoms with van der Waals surface area (Å²) in [4.78, 5) is 0. The van der Waals surface area contributed by atoms with Crippen molar-refractivity contribution in [3.05, 3.63) is 35.4 Å². The molecule has 0 aromatic heterocycles. The molecule has 1 aromatic carbocycles. The average molecular weight is 219 g/mol. The summed E-state index contributed by atoms with van der Waals surface area (Å²) in [5.41, 5.74) is 2.82. The molecular weight excluding hydrogens is 198 g/mol. The van der Waals surface area contributed by atoms with E-state index in [1.165, 1.54) is 30.5 Å². The number of piperidine rings is 1. The Kier molecular flexibility index (Phi) is 4.37. The molecule has 1 unspecified atom stereocenters. The van der Waals surface area contributed by atoms with E-state index in [-0.39, 0.29) is 6.61 Å². The lowest BCUT2D eigenvalue weighted by Crippen LogP contribution is -2.28. The topological polar surface area (TPSA) is 32.3 Å². The molecule has 0 bridgehead atoms. The van der Waals surface area contributed by atoms with Crippen LogP contribution in [-0.4, -0.2) is 24.8 Å². The Morgan fingerprint density at radius 3 is 3.06 bits per heavy atom. The third kappa shape index (κ3) is 3.06. The van der Waals surface area contributed by atoms with Crippen molar-refractivity contribution in [1.82, 2.24) is 5.32 Å². The van der Waals surface area contributed by atoms with Crippen LogP contribution in [0.25, 0.3) is 0 Å². The monoisotopic (exact) mass is 219 g/mol. The summed E-state index contributed by atoms with van der Waals surface area (Å²) in [6.45, 7) is 2.57. The molecular formula is C14H21NO. The maximum absolute atomic E-state index is 8.84. The van der Waals surface area contributed by atoms with Gasteiger partial charge in [-0.3, -0.25) is 0 Å². The van der Waals surface area contributed by atoms with Gasteiger partial charge in [0, 0.05) is 13.2 Å². The molecule has 2 rings (SSSR count). The van der Waals surface area contributed by atoms with Crippen molar-refractivity contribution in [2.45, 2.75) is 31.6 Å². The summed E-state index contributed by atoms with van der Waals surface area (Å²) < 4.78 is 0. The van der Waals surface area contributed by atoms with Gasteiger partial charge in [-0.2, -0.15) is 0 Å². The van der Waals surface area contributed by atoms with Gasteiger partial charge in [0.2, 0.25) is 0 Å². The Morgan fingerprint density at radius 1 is 1.38 bits per heavy atom. The van der Waals surface area contributed by atoms with Crippen LogP contribution in [0.1, 0.15) is 36.3 Å². The molecule has 2 heteroatoms. The average Bonchev–Trinajstić information content (AvgIpc) is 2.38. The van der Waals surface area contributed by atoms with Crippen LogP contribution in [0.4, 0.5) is 0 Å². The first-order valence-corrected chi connectivity index (χ1v) is 6.30. The third-order valence-corrected chi connectivity index (χ3v) is 3.34. The Morgan fingerprint density at radius 2 is 2.31 bits per heavy atom. The van der Waals surface area contributed by atoms with Crippen molar-refractivity contribution in [2.75, 3.05) is 19.7 Å². The summed E-state index contributed by atoms with van der Waals surface area (Å²) in [6, 6.07) is 8.86. The van der Waals surface area contributed by atoms with Gasteiger partial charge in [-0.15, -0.1) is 0 Å². The molecule has 1 atom stereocenters. The van der Waals surface area contributed by atoms with Crippen LogP contribution in [0, 0.1) is 0 Å². The molecule has 16 heavy (non-hydrogen) atoms. The van der Waals surface area contributed by atoms with E-state index >= 15 is 0 Å². The van der Waals surface area contributed by atoms with Crippen molar-refractivity contribution in [1.29, 1.82) is 0 Å². The number of nitrogens with one attached hydrogen (secondary N) is 1. The molecule has 0 radical (unpaired) electrons. The number of aryl methyl sites for hydroxylation is 1. The lowest BCUT2D eigenvalue weighted by molar-refractivity contribution is 0.288. The molecule has 2 N–H and O–H groups in total. The van der Waals surface area contributed by atoms with Crippen LogP contribution in [0.15, 0.2) is 24.3 Å². The van der Waals surface area contributed by atoms with E-state index in [0.717, 1.165) is 19.4 Å². The highest BCUT2D eigenvalue weighted by atomic mass is 16.2. The summed E-state index contributed by atoms with van der Waals surface area (Å²) in [5.74, 6) is 0.683. The van der Waals surface area contributed by atoms with Gasteiger partial charge in [-0.05, 0) is 49.3 Å². The normalized spacial score (nSPS) is 20.9. The molecule has 88 valence electrons. The fraction of sp³-hybridized carbons (Fsp3) is 0.571. The molecule has 1 fully saturated rings. The highest BCUT2D eigenvalue weighted by Crippen LogP contribution is 2.24. The fourth-order valence-corrected chi connectivity index (χ4v) is 2.42. The zero-order valence-corrected chi connectivity index (χ0v) is 9.78. The minimum atomic E-state index is 0.287. The molecule has 1 aliphatic rings. The van der Waals surface area contributed by atoms with Crippen molar-refractivity contribution in [3.63, 3.8) is 0 Å². The van der Waals surface area contributed by atoms with E-state index in [1.807, 2.05) is 0 Å². The van der Waals surface area contributed by atoms with Crippen molar-refractivity contribution in [3.8, 4) is 0 Å². The van der Waals surface area contributed by atoms with E-state index < -0.39 is 0 Å². The highest BCUT2D eigenvalue weighted by Gasteiger charge is 2.14. The first-order valence-electron chi connectivity index (χ1n) is 6.30. The minimum absolute atomic E-state index is 0.287. The van der Waals surface area contributed by atoms with Crippen LogP contribution in [0.3, 0.4) is 0 Å². The van der Waals surface area contributed by atoms with E-state index in [2.05, 4.69) is 29.6 Å². The molecule has 0 amide bonds. The Bertz CT molecular complexity index is 318. The van der Waals surface area contributed by atoms with E-state index in [9.17, 15) is 0 Å². The number of aliphatic hydroxyl groups excluding tert-OH is 1. The van der Waals surface area contributed by atoms with Crippen molar-refractivity contribution in [2.24, 2.45) is 0 Å². The molecule has 1 saturated heterocycles. The second-order valence-electron chi connectivity index (χ2n) is 4.62. The number of hydrogen-bond donors (Lipinski definition) is 2. The maximum Gasteiger partial charge on any atom is 0.0434 e. The van der Waals surface area contributed by atoms with Gasteiger partial charge >= 0.3 is 0 Å². The molecule has 1 heterocycles. The summed E-state index contributed by atoms with van der Waals surface area (Å²) >= 11 is 0. The van der Waals surface area contributed by atoms with Crippen LogP contribution >= 0.6 is 0 Å². The first-order chi connectivity index (χ1) is 7.90. The molecule has 2 nitrogen and oxygen atoms in total. The largest absolute Gasteiger partial charge is 0.396 e. The summed E-state index contributed by atoms with van der Waals surface area (Å²) in [5, 5.41) is 12.3. The minimum Gasteiger partial charge on any atom is -0.396 e. The van der Waals surface area contributed by atoms with Crippen molar-refractivity contribution >= 4 is 0 Å². The Balaban J connectivity index is 2.02. The van der Waals surface area contributed by atoms with Gasteiger partial charge < -0.3 is 10.4 Å². The van der Waals surface area contributed by atoms with E-state index in [4.69, 9.17) is 5.11 Å². The van der Waals surface area contributed by atoms with Crippen LogP contribution in [0.5, 0.6) is 0 Å². The third-order valence-electron chi connectivity index (χ3n) is 3.34. The van der Waals surface area contributed by atoms with E-state index in [0.29, 0.717) is 5.92 Å². The van der Waals surface area contributed by atoms with Gasteiger partial charge in [-0.1, -0.05) is 24.3 Å². The number of rotatable bonds is 4. The predicted molar refractivity (Wildman–Crippen MR) is 66.7 cm³/mol. The molecule has 1 aromatic rings. The van der Waals surface area contributed by atoms with Crippen LogP contribution in [0.2, 0.25) is 0 Å².